The normalized spacial score (nSPS) is 10.8. The van der Waals surface area contributed by atoms with Gasteiger partial charge in [-0.1, -0.05) is 0 Å². The van der Waals surface area contributed by atoms with Crippen LogP contribution in [0, 0.1) is 0 Å². The molecular weight excluding hydrogens is 258 g/mol. The highest BCUT2D eigenvalue weighted by Crippen LogP contribution is 2.20. The molecule has 2 rings (SSSR count). The van der Waals surface area contributed by atoms with Gasteiger partial charge >= 0.3 is 0 Å². The lowest BCUT2D eigenvalue weighted by Crippen LogP contribution is -2.02. The topological polar surface area (TPSA) is 57.0 Å². The highest BCUT2D eigenvalue weighted by Gasteiger charge is 2.10. The minimum Gasteiger partial charge on any atom is -0.469 e. The number of nitrogen functional groups attached to an aromatic ring is 1. The maximum Gasteiger partial charge on any atom is 0.201 e. The van der Waals surface area contributed by atoms with Crippen LogP contribution in [0.15, 0.2) is 27.4 Å². The maximum absolute atomic E-state index is 5.69. The maximum atomic E-state index is 5.69. The Labute approximate surface area is 96.2 Å². The molecule has 0 spiro atoms. The van der Waals surface area contributed by atoms with E-state index < -0.39 is 0 Å². The molecule has 0 unspecified atom stereocenters. The molecule has 15 heavy (non-hydrogen) atoms. The van der Waals surface area contributed by atoms with Crippen molar-refractivity contribution in [1.29, 1.82) is 0 Å². The van der Waals surface area contributed by atoms with Crippen LogP contribution in [0.3, 0.4) is 0 Å². The Morgan fingerprint density at radius 1 is 1.53 bits per heavy atom. The zero-order valence-corrected chi connectivity index (χ0v) is 9.99. The third kappa shape index (κ3) is 2.07. The molecule has 0 fully saturated rings. The van der Waals surface area contributed by atoms with Crippen molar-refractivity contribution in [2.24, 2.45) is 7.05 Å². The van der Waals surface area contributed by atoms with Crippen LogP contribution in [-0.4, -0.2) is 9.55 Å². The molecule has 5 heteroatoms. The highest BCUT2D eigenvalue weighted by molar-refractivity contribution is 9.10. The molecule has 0 saturated heterocycles. The third-order valence-electron chi connectivity index (χ3n) is 2.39. The summed E-state index contributed by atoms with van der Waals surface area (Å²) in [6, 6.07) is 3.86. The van der Waals surface area contributed by atoms with E-state index >= 15 is 0 Å². The summed E-state index contributed by atoms with van der Waals surface area (Å²) in [4.78, 5) is 4.14. The minimum absolute atomic E-state index is 0.524. The Balaban J connectivity index is 2.11. The summed E-state index contributed by atoms with van der Waals surface area (Å²) in [5.41, 5.74) is 6.78. The minimum atomic E-state index is 0.524. The number of hydrogen-bond acceptors (Lipinski definition) is 3. The predicted molar refractivity (Wildman–Crippen MR) is 61.4 cm³/mol. The Kier molecular flexibility index (Phi) is 2.81. The number of anilines is 1. The zero-order valence-electron chi connectivity index (χ0n) is 8.40. The van der Waals surface area contributed by atoms with Crippen LogP contribution in [0.5, 0.6) is 0 Å². The SMILES string of the molecule is Cn1c(N)nc(Br)c1CCc1ccco1. The molecule has 0 bridgehead atoms. The smallest absolute Gasteiger partial charge is 0.201 e. The lowest BCUT2D eigenvalue weighted by molar-refractivity contribution is 0.506. The fraction of sp³-hybridized carbons (Fsp3) is 0.300. The molecule has 2 aromatic rings. The van der Waals surface area contributed by atoms with Gasteiger partial charge < -0.3 is 14.7 Å². The second-order valence-corrected chi connectivity index (χ2v) is 4.10. The van der Waals surface area contributed by atoms with E-state index in [9.17, 15) is 0 Å². The number of aryl methyl sites for hydroxylation is 1. The standard InChI is InChI=1S/C10H12BrN3O/c1-14-8(9(11)13-10(14)12)5-4-7-3-2-6-15-7/h2-3,6H,4-5H2,1H3,(H2,12,13). The number of furan rings is 1. The van der Waals surface area contributed by atoms with Gasteiger partial charge in [0.1, 0.15) is 10.4 Å². The van der Waals surface area contributed by atoms with Crippen molar-refractivity contribution < 1.29 is 4.42 Å². The first-order valence-electron chi connectivity index (χ1n) is 4.67. The molecule has 2 aromatic heterocycles. The van der Waals surface area contributed by atoms with Crippen LogP contribution in [0.1, 0.15) is 11.5 Å². The van der Waals surface area contributed by atoms with Crippen LogP contribution in [0.25, 0.3) is 0 Å². The third-order valence-corrected chi connectivity index (χ3v) is 3.02. The van der Waals surface area contributed by atoms with Crippen molar-refractivity contribution in [3.05, 3.63) is 34.5 Å². The van der Waals surface area contributed by atoms with E-state index in [2.05, 4.69) is 20.9 Å². The summed E-state index contributed by atoms with van der Waals surface area (Å²) < 4.78 is 7.96. The number of rotatable bonds is 3. The summed E-state index contributed by atoms with van der Waals surface area (Å²) in [7, 11) is 1.91. The second-order valence-electron chi connectivity index (χ2n) is 3.35. The van der Waals surface area contributed by atoms with Gasteiger partial charge in [-0.25, -0.2) is 4.98 Å². The van der Waals surface area contributed by atoms with Crippen molar-refractivity contribution in [2.45, 2.75) is 12.8 Å². The van der Waals surface area contributed by atoms with Gasteiger partial charge in [0.2, 0.25) is 5.95 Å². The van der Waals surface area contributed by atoms with E-state index in [-0.39, 0.29) is 0 Å². The Morgan fingerprint density at radius 3 is 2.87 bits per heavy atom. The van der Waals surface area contributed by atoms with Crippen molar-refractivity contribution >= 4 is 21.9 Å². The second kappa shape index (κ2) is 4.10. The molecule has 0 saturated carbocycles. The van der Waals surface area contributed by atoms with E-state index in [1.165, 1.54) is 0 Å². The molecule has 4 nitrogen and oxygen atoms in total. The molecule has 2 N–H and O–H groups in total. The summed E-state index contributed by atoms with van der Waals surface area (Å²) in [6.07, 6.45) is 3.39. The Bertz CT molecular complexity index is 447. The van der Waals surface area contributed by atoms with E-state index in [0.29, 0.717) is 5.95 Å². The number of aromatic nitrogens is 2. The molecule has 80 valence electrons. The summed E-state index contributed by atoms with van der Waals surface area (Å²) in [5, 5.41) is 0. The van der Waals surface area contributed by atoms with Gasteiger partial charge in [0.05, 0.1) is 12.0 Å². The number of halogens is 1. The van der Waals surface area contributed by atoms with E-state index in [1.807, 2.05) is 23.7 Å². The summed E-state index contributed by atoms with van der Waals surface area (Å²) in [6.45, 7) is 0. The van der Waals surface area contributed by atoms with Crippen molar-refractivity contribution in [3.63, 3.8) is 0 Å². The van der Waals surface area contributed by atoms with Gasteiger partial charge in [-0.05, 0) is 34.5 Å². The highest BCUT2D eigenvalue weighted by atomic mass is 79.9. The quantitative estimate of drug-likeness (QED) is 0.929. The largest absolute Gasteiger partial charge is 0.469 e. The van der Waals surface area contributed by atoms with Gasteiger partial charge in [-0.3, -0.25) is 0 Å². The number of hydrogen-bond donors (Lipinski definition) is 1. The molecule has 0 aromatic carbocycles. The number of nitrogens with two attached hydrogens (primary N) is 1. The van der Waals surface area contributed by atoms with Crippen molar-refractivity contribution in [3.8, 4) is 0 Å². The molecular formula is C10H12BrN3O. The molecule has 0 amide bonds. The first-order valence-corrected chi connectivity index (χ1v) is 5.46. The van der Waals surface area contributed by atoms with Crippen LogP contribution < -0.4 is 5.73 Å². The number of nitrogens with zero attached hydrogens (tertiary/aromatic N) is 2. The molecule has 2 heterocycles. The number of imidazole rings is 1. The summed E-state index contributed by atoms with van der Waals surface area (Å²) in [5.74, 6) is 1.50. The Morgan fingerprint density at radius 2 is 2.33 bits per heavy atom. The fourth-order valence-electron chi connectivity index (χ4n) is 1.48. The first kappa shape index (κ1) is 10.3. The first-order chi connectivity index (χ1) is 7.18. The van der Waals surface area contributed by atoms with Gasteiger partial charge in [0, 0.05) is 13.5 Å². The van der Waals surface area contributed by atoms with Gasteiger partial charge in [0.15, 0.2) is 0 Å². The lowest BCUT2D eigenvalue weighted by Gasteiger charge is -2.02. The van der Waals surface area contributed by atoms with E-state index in [0.717, 1.165) is 28.9 Å². The van der Waals surface area contributed by atoms with E-state index in [4.69, 9.17) is 10.2 Å². The molecule has 0 aliphatic rings. The lowest BCUT2D eigenvalue weighted by atomic mass is 10.2. The predicted octanol–water partition coefficient (Wildman–Crippen LogP) is 2.14. The van der Waals surface area contributed by atoms with Gasteiger partial charge in [-0.15, -0.1) is 0 Å². The van der Waals surface area contributed by atoms with Crippen molar-refractivity contribution in [2.75, 3.05) is 5.73 Å². The summed E-state index contributed by atoms with van der Waals surface area (Å²) >= 11 is 3.39. The molecule has 0 radical (unpaired) electrons. The molecule has 0 aliphatic heterocycles. The average Bonchev–Trinajstić information content (AvgIpc) is 2.76. The Hall–Kier alpha value is -1.23. The molecule has 0 aliphatic carbocycles. The molecule has 0 atom stereocenters. The monoisotopic (exact) mass is 269 g/mol. The fourth-order valence-corrected chi connectivity index (χ4v) is 2.13. The average molecular weight is 270 g/mol. The van der Waals surface area contributed by atoms with Crippen molar-refractivity contribution in [1.82, 2.24) is 9.55 Å². The van der Waals surface area contributed by atoms with Crippen LogP contribution in [0.4, 0.5) is 5.95 Å². The van der Waals surface area contributed by atoms with Gasteiger partial charge in [-0.2, -0.15) is 0 Å². The van der Waals surface area contributed by atoms with Crippen LogP contribution >= 0.6 is 15.9 Å². The van der Waals surface area contributed by atoms with E-state index in [1.54, 1.807) is 6.26 Å². The van der Waals surface area contributed by atoms with Gasteiger partial charge in [0.25, 0.3) is 0 Å². The van der Waals surface area contributed by atoms with Crippen LogP contribution in [-0.2, 0) is 19.9 Å². The van der Waals surface area contributed by atoms with Crippen LogP contribution in [0.2, 0.25) is 0 Å². The zero-order chi connectivity index (χ0) is 10.8.